The second-order valence-corrected chi connectivity index (χ2v) is 6.46. The molecule has 1 atom stereocenters. The number of aryl methyl sites for hydroxylation is 2. The Morgan fingerprint density at radius 1 is 1.04 bits per heavy atom. The number of hydrogen-bond acceptors (Lipinski definition) is 3. The van der Waals surface area contributed by atoms with E-state index in [0.29, 0.717) is 6.42 Å². The predicted molar refractivity (Wildman–Crippen MR) is 101 cm³/mol. The molecule has 0 heterocycles. The van der Waals surface area contributed by atoms with Crippen molar-refractivity contribution in [2.45, 2.75) is 53.2 Å². The maximum atomic E-state index is 12.5. The highest BCUT2D eigenvalue weighted by Gasteiger charge is 2.19. The fraction of sp³-hybridized carbons (Fsp3) is 0.381. The van der Waals surface area contributed by atoms with Crippen molar-refractivity contribution in [1.29, 1.82) is 0 Å². The fourth-order valence-electron chi connectivity index (χ4n) is 2.52. The van der Waals surface area contributed by atoms with E-state index in [9.17, 15) is 4.79 Å². The quantitative estimate of drug-likeness (QED) is 0.780. The minimum atomic E-state index is -0.534. The zero-order valence-corrected chi connectivity index (χ0v) is 15.6. The molecule has 0 saturated heterocycles. The Morgan fingerprint density at radius 3 is 2.28 bits per heavy atom. The van der Waals surface area contributed by atoms with Crippen molar-refractivity contribution in [1.82, 2.24) is 0 Å². The molecule has 0 aliphatic rings. The van der Waals surface area contributed by atoms with Crippen LogP contribution in [0.1, 0.15) is 38.3 Å². The van der Waals surface area contributed by atoms with Gasteiger partial charge in [0.05, 0.1) is 6.10 Å². The molecular formula is C21H27NO3. The maximum Gasteiger partial charge on any atom is 0.265 e. The number of ether oxygens (including phenoxy) is 2. The monoisotopic (exact) mass is 341 g/mol. The minimum absolute atomic E-state index is 0.121. The number of amides is 1. The van der Waals surface area contributed by atoms with Gasteiger partial charge in [-0.3, -0.25) is 4.79 Å². The van der Waals surface area contributed by atoms with Gasteiger partial charge in [0.2, 0.25) is 0 Å². The summed E-state index contributed by atoms with van der Waals surface area (Å²) in [5.74, 6) is 1.37. The first-order valence-corrected chi connectivity index (χ1v) is 8.70. The molecule has 0 aromatic heterocycles. The molecule has 0 bridgehead atoms. The van der Waals surface area contributed by atoms with Crippen LogP contribution in [0.3, 0.4) is 0 Å². The smallest absolute Gasteiger partial charge is 0.265 e. The SMILES string of the molecule is CC[C@@H](Oc1ccc(C)cc1C)C(=O)Nc1ccc(OC(C)C)cc1. The number of nitrogens with one attached hydrogen (secondary N) is 1. The molecule has 2 aromatic carbocycles. The van der Waals surface area contributed by atoms with Crippen molar-refractivity contribution in [2.75, 3.05) is 5.32 Å². The molecule has 0 aliphatic carbocycles. The van der Waals surface area contributed by atoms with Crippen molar-refractivity contribution in [3.63, 3.8) is 0 Å². The average Bonchev–Trinajstić information content (AvgIpc) is 2.55. The van der Waals surface area contributed by atoms with E-state index < -0.39 is 6.10 Å². The molecule has 0 saturated carbocycles. The van der Waals surface area contributed by atoms with Crippen LogP contribution in [0.15, 0.2) is 42.5 Å². The molecule has 1 amide bonds. The van der Waals surface area contributed by atoms with E-state index in [1.807, 2.05) is 77.1 Å². The second kappa shape index (κ2) is 8.56. The average molecular weight is 341 g/mol. The van der Waals surface area contributed by atoms with Crippen molar-refractivity contribution >= 4 is 11.6 Å². The Kier molecular flexibility index (Phi) is 6.45. The van der Waals surface area contributed by atoms with Gasteiger partial charge in [-0.2, -0.15) is 0 Å². The highest BCUT2D eigenvalue weighted by atomic mass is 16.5. The van der Waals surface area contributed by atoms with Crippen LogP contribution in [0, 0.1) is 13.8 Å². The number of rotatable bonds is 7. The molecule has 0 radical (unpaired) electrons. The molecule has 0 spiro atoms. The van der Waals surface area contributed by atoms with Crippen molar-refractivity contribution in [2.24, 2.45) is 0 Å². The van der Waals surface area contributed by atoms with Crippen molar-refractivity contribution in [3.05, 3.63) is 53.6 Å². The third-order valence-electron chi connectivity index (χ3n) is 3.76. The Hall–Kier alpha value is -2.49. The van der Waals surface area contributed by atoms with Crippen LogP contribution in [-0.4, -0.2) is 18.1 Å². The topological polar surface area (TPSA) is 47.6 Å². The first-order valence-electron chi connectivity index (χ1n) is 8.70. The van der Waals surface area contributed by atoms with Gasteiger partial charge in [0, 0.05) is 5.69 Å². The number of hydrogen-bond donors (Lipinski definition) is 1. The Morgan fingerprint density at radius 2 is 1.72 bits per heavy atom. The van der Waals surface area contributed by atoms with Gasteiger partial charge in [0.15, 0.2) is 6.10 Å². The molecule has 2 aromatic rings. The summed E-state index contributed by atoms with van der Waals surface area (Å²) >= 11 is 0. The molecule has 0 fully saturated rings. The van der Waals surface area contributed by atoms with Gasteiger partial charge in [0.25, 0.3) is 5.91 Å². The Labute approximate surface area is 150 Å². The summed E-state index contributed by atoms with van der Waals surface area (Å²) in [6, 6.07) is 13.3. The minimum Gasteiger partial charge on any atom is -0.491 e. The van der Waals surface area contributed by atoms with Gasteiger partial charge in [-0.25, -0.2) is 0 Å². The van der Waals surface area contributed by atoms with Gasteiger partial charge in [0.1, 0.15) is 11.5 Å². The molecular weight excluding hydrogens is 314 g/mol. The van der Waals surface area contributed by atoms with Crippen LogP contribution >= 0.6 is 0 Å². The summed E-state index contributed by atoms with van der Waals surface area (Å²) in [6.07, 6.45) is 0.178. The summed E-state index contributed by atoms with van der Waals surface area (Å²) in [5, 5.41) is 2.91. The van der Waals surface area contributed by atoms with E-state index in [0.717, 1.165) is 22.7 Å². The van der Waals surface area contributed by atoms with Crippen LogP contribution in [0.2, 0.25) is 0 Å². The predicted octanol–water partition coefficient (Wildman–Crippen LogP) is 4.89. The Bertz CT molecular complexity index is 708. The third kappa shape index (κ3) is 5.52. The molecule has 0 unspecified atom stereocenters. The lowest BCUT2D eigenvalue weighted by Crippen LogP contribution is -2.32. The van der Waals surface area contributed by atoms with Gasteiger partial charge in [-0.15, -0.1) is 0 Å². The van der Waals surface area contributed by atoms with Crippen LogP contribution in [0.25, 0.3) is 0 Å². The lowest BCUT2D eigenvalue weighted by molar-refractivity contribution is -0.122. The molecule has 134 valence electrons. The Balaban J connectivity index is 2.01. The zero-order valence-electron chi connectivity index (χ0n) is 15.6. The second-order valence-electron chi connectivity index (χ2n) is 6.46. The standard InChI is InChI=1S/C21H27NO3/c1-6-19(25-20-12-7-15(4)13-16(20)5)21(23)22-17-8-10-18(11-9-17)24-14(2)3/h7-14,19H,6H2,1-5H3,(H,22,23)/t19-/m1/s1. The zero-order chi connectivity index (χ0) is 18.4. The molecule has 0 aliphatic heterocycles. The first-order chi connectivity index (χ1) is 11.9. The van der Waals surface area contributed by atoms with Crippen LogP contribution in [0.5, 0.6) is 11.5 Å². The number of carbonyl (C=O) groups is 1. The van der Waals surface area contributed by atoms with Crippen LogP contribution in [0.4, 0.5) is 5.69 Å². The van der Waals surface area contributed by atoms with Crippen LogP contribution in [-0.2, 0) is 4.79 Å². The van der Waals surface area contributed by atoms with Crippen molar-refractivity contribution < 1.29 is 14.3 Å². The van der Waals surface area contributed by atoms with E-state index >= 15 is 0 Å². The molecule has 25 heavy (non-hydrogen) atoms. The molecule has 4 heteroatoms. The first kappa shape index (κ1) is 18.8. The van der Waals surface area contributed by atoms with E-state index in [4.69, 9.17) is 9.47 Å². The summed E-state index contributed by atoms with van der Waals surface area (Å²) in [5.41, 5.74) is 2.93. The van der Waals surface area contributed by atoms with E-state index in [-0.39, 0.29) is 12.0 Å². The molecule has 1 N–H and O–H groups in total. The lowest BCUT2D eigenvalue weighted by Gasteiger charge is -2.19. The maximum absolute atomic E-state index is 12.5. The summed E-state index contributed by atoms with van der Waals surface area (Å²) < 4.78 is 11.5. The summed E-state index contributed by atoms with van der Waals surface area (Å²) in [4.78, 5) is 12.5. The third-order valence-corrected chi connectivity index (χ3v) is 3.76. The fourth-order valence-corrected chi connectivity index (χ4v) is 2.52. The van der Waals surface area contributed by atoms with Gasteiger partial charge in [-0.05, 0) is 70.0 Å². The van der Waals surface area contributed by atoms with Gasteiger partial charge in [-0.1, -0.05) is 24.6 Å². The summed E-state index contributed by atoms with van der Waals surface area (Å²) in [6.45, 7) is 9.92. The van der Waals surface area contributed by atoms with Gasteiger partial charge < -0.3 is 14.8 Å². The number of carbonyl (C=O) groups excluding carboxylic acids is 1. The van der Waals surface area contributed by atoms with E-state index in [2.05, 4.69) is 5.32 Å². The lowest BCUT2D eigenvalue weighted by atomic mass is 10.1. The number of anilines is 1. The normalized spacial score (nSPS) is 11.9. The molecule has 2 rings (SSSR count). The largest absolute Gasteiger partial charge is 0.491 e. The molecule has 4 nitrogen and oxygen atoms in total. The van der Waals surface area contributed by atoms with Crippen molar-refractivity contribution in [3.8, 4) is 11.5 Å². The number of benzene rings is 2. The highest BCUT2D eigenvalue weighted by molar-refractivity contribution is 5.94. The van der Waals surface area contributed by atoms with E-state index in [1.54, 1.807) is 0 Å². The van der Waals surface area contributed by atoms with Gasteiger partial charge >= 0.3 is 0 Å². The van der Waals surface area contributed by atoms with E-state index in [1.165, 1.54) is 5.56 Å². The summed E-state index contributed by atoms with van der Waals surface area (Å²) in [7, 11) is 0. The van der Waals surface area contributed by atoms with Crippen LogP contribution < -0.4 is 14.8 Å². The highest BCUT2D eigenvalue weighted by Crippen LogP contribution is 2.22.